The number of para-hydroxylation sites is 1. The highest BCUT2D eigenvalue weighted by molar-refractivity contribution is 5.74. The molecule has 2 aromatic rings. The van der Waals surface area contributed by atoms with Crippen LogP contribution in [0.1, 0.15) is 42.4 Å². The smallest absolute Gasteiger partial charge is 0.430 e. The van der Waals surface area contributed by atoms with E-state index in [1.165, 1.54) is 31.2 Å². The maximum Gasteiger partial charge on any atom is 0.430 e. The van der Waals surface area contributed by atoms with Crippen LogP contribution in [0.5, 0.6) is 5.75 Å². The van der Waals surface area contributed by atoms with Gasteiger partial charge in [0.15, 0.2) is 6.54 Å². The Hall–Kier alpha value is -2.87. The van der Waals surface area contributed by atoms with Crippen molar-refractivity contribution < 1.29 is 37.1 Å². The summed E-state index contributed by atoms with van der Waals surface area (Å²) < 4.78 is 38.2. The largest absolute Gasteiger partial charge is 0.542 e. The van der Waals surface area contributed by atoms with Crippen molar-refractivity contribution in [1.82, 2.24) is 0 Å². The monoisotopic (exact) mass is 465 g/mol. The number of hydrogen-bond acceptors (Lipinski definition) is 4. The van der Waals surface area contributed by atoms with Crippen LogP contribution < -0.4 is 9.84 Å². The predicted molar refractivity (Wildman–Crippen MR) is 116 cm³/mol. The molecular formula is C25H30F3NO4. The molecule has 0 aromatic heterocycles. The second-order valence-electron chi connectivity index (χ2n) is 8.49. The van der Waals surface area contributed by atoms with Crippen molar-refractivity contribution in [2.24, 2.45) is 0 Å². The molecule has 1 aliphatic heterocycles. The van der Waals surface area contributed by atoms with E-state index >= 15 is 0 Å². The molecule has 1 fully saturated rings. The lowest BCUT2D eigenvalue weighted by Gasteiger charge is -2.37. The number of carboxylic acid groups (broad SMARTS) is 1. The summed E-state index contributed by atoms with van der Waals surface area (Å²) >= 11 is 0. The molecule has 5 nitrogen and oxygen atoms in total. The van der Waals surface area contributed by atoms with Crippen LogP contribution in [0.2, 0.25) is 0 Å². The van der Waals surface area contributed by atoms with Crippen LogP contribution in [0, 0.1) is 13.8 Å². The van der Waals surface area contributed by atoms with Crippen molar-refractivity contribution in [2.45, 2.75) is 52.3 Å². The van der Waals surface area contributed by atoms with Gasteiger partial charge in [0.1, 0.15) is 18.3 Å². The summed E-state index contributed by atoms with van der Waals surface area (Å²) in [7, 11) is 0. The Morgan fingerprint density at radius 1 is 0.909 bits per heavy atom. The standard InChI is InChI=1S/C23H30NO2.C2HF3O2/c1-19-11-10-12-20(2)23(19)26-22(25)18-24(15-8-3-4-9-16-24)17-21-13-6-5-7-14-21;3-2(4,5)1(6)7/h5-7,10-14H,3-4,8-9,15-18H2,1-2H3;(H,6,7)/q+1;/p-1. The zero-order valence-corrected chi connectivity index (χ0v) is 19.0. The quantitative estimate of drug-likeness (QED) is 0.379. The number of carboxylic acids is 1. The molecule has 0 atom stereocenters. The fourth-order valence-corrected chi connectivity index (χ4v) is 4.08. The minimum atomic E-state index is -5.19. The van der Waals surface area contributed by atoms with Crippen LogP contribution in [0.15, 0.2) is 48.5 Å². The first-order chi connectivity index (χ1) is 15.5. The van der Waals surface area contributed by atoms with E-state index in [9.17, 15) is 18.0 Å². The zero-order valence-electron chi connectivity index (χ0n) is 19.0. The van der Waals surface area contributed by atoms with Gasteiger partial charge in [-0.15, -0.1) is 0 Å². The van der Waals surface area contributed by atoms with Crippen LogP contribution >= 0.6 is 0 Å². The van der Waals surface area contributed by atoms with Crippen molar-refractivity contribution in [3.05, 3.63) is 65.2 Å². The molecule has 0 amide bonds. The highest BCUT2D eigenvalue weighted by Crippen LogP contribution is 2.25. The normalized spacial score (nSPS) is 15.5. The molecule has 33 heavy (non-hydrogen) atoms. The van der Waals surface area contributed by atoms with Crippen molar-refractivity contribution in [2.75, 3.05) is 19.6 Å². The van der Waals surface area contributed by atoms with Crippen molar-refractivity contribution >= 4 is 11.9 Å². The van der Waals surface area contributed by atoms with E-state index in [1.807, 2.05) is 38.1 Å². The minimum Gasteiger partial charge on any atom is -0.542 e. The van der Waals surface area contributed by atoms with Gasteiger partial charge in [-0.1, -0.05) is 48.5 Å². The summed E-state index contributed by atoms with van der Waals surface area (Å²) in [6, 6.07) is 16.5. The summed E-state index contributed by atoms with van der Waals surface area (Å²) in [5.41, 5.74) is 3.34. The third kappa shape index (κ3) is 8.53. The van der Waals surface area contributed by atoms with Crippen LogP contribution in [0.4, 0.5) is 13.2 Å². The summed E-state index contributed by atoms with van der Waals surface area (Å²) in [6.07, 6.45) is -0.297. The lowest BCUT2D eigenvalue weighted by molar-refractivity contribution is -0.933. The van der Waals surface area contributed by atoms with E-state index in [0.717, 1.165) is 41.0 Å². The minimum absolute atomic E-state index is 0.111. The van der Waals surface area contributed by atoms with E-state index in [4.69, 9.17) is 14.6 Å². The molecule has 1 saturated heterocycles. The SMILES string of the molecule is Cc1cccc(C)c1OC(=O)C[N+]1(Cc2ccccc2)CCCCCC1.O=C([O-])C(F)(F)F. The molecule has 0 saturated carbocycles. The van der Waals surface area contributed by atoms with Gasteiger partial charge in [-0.05, 0) is 50.7 Å². The number of halogens is 3. The molecule has 3 rings (SSSR count). The lowest BCUT2D eigenvalue weighted by atomic mass is 10.1. The molecule has 1 heterocycles. The van der Waals surface area contributed by atoms with Gasteiger partial charge in [0.05, 0.1) is 13.1 Å². The van der Waals surface area contributed by atoms with Gasteiger partial charge in [0, 0.05) is 5.56 Å². The molecule has 0 aliphatic carbocycles. The molecule has 2 aromatic carbocycles. The number of benzene rings is 2. The summed E-state index contributed by atoms with van der Waals surface area (Å²) in [4.78, 5) is 21.6. The first-order valence-electron chi connectivity index (χ1n) is 11.0. The average molecular weight is 466 g/mol. The Morgan fingerprint density at radius 2 is 1.42 bits per heavy atom. The fraction of sp³-hybridized carbons (Fsp3) is 0.440. The zero-order chi connectivity index (χ0) is 24.5. The van der Waals surface area contributed by atoms with Gasteiger partial charge in [-0.2, -0.15) is 13.2 Å². The first-order valence-corrected chi connectivity index (χ1v) is 11.0. The van der Waals surface area contributed by atoms with Gasteiger partial charge in [0.2, 0.25) is 0 Å². The Balaban J connectivity index is 0.000000479. The summed E-state index contributed by atoms with van der Waals surface area (Å²) in [6.45, 7) is 7.45. The van der Waals surface area contributed by atoms with Gasteiger partial charge >= 0.3 is 12.1 Å². The van der Waals surface area contributed by atoms with Crippen LogP contribution in [-0.4, -0.2) is 42.2 Å². The molecule has 0 spiro atoms. The number of aliphatic carboxylic acids is 1. The number of carbonyl (C=O) groups is 2. The molecule has 0 radical (unpaired) electrons. The number of aryl methyl sites for hydroxylation is 2. The maximum absolute atomic E-state index is 12.9. The molecule has 180 valence electrons. The topological polar surface area (TPSA) is 66.4 Å². The first kappa shape index (κ1) is 26.4. The second-order valence-corrected chi connectivity index (χ2v) is 8.49. The number of esters is 1. The number of carbonyl (C=O) groups excluding carboxylic acids is 2. The van der Waals surface area contributed by atoms with E-state index in [0.29, 0.717) is 6.54 Å². The van der Waals surface area contributed by atoms with Crippen LogP contribution in [-0.2, 0) is 16.1 Å². The highest BCUT2D eigenvalue weighted by Gasteiger charge is 2.33. The summed E-state index contributed by atoms with van der Waals surface area (Å²) in [5, 5.41) is 8.78. The maximum atomic E-state index is 12.9. The van der Waals surface area contributed by atoms with Crippen LogP contribution in [0.25, 0.3) is 0 Å². The van der Waals surface area contributed by atoms with Crippen LogP contribution in [0.3, 0.4) is 0 Å². The van der Waals surface area contributed by atoms with E-state index < -0.39 is 12.1 Å². The van der Waals surface area contributed by atoms with Crippen molar-refractivity contribution in [3.8, 4) is 5.75 Å². The van der Waals surface area contributed by atoms with Gasteiger partial charge < -0.3 is 19.1 Å². The summed E-state index contributed by atoms with van der Waals surface area (Å²) in [5.74, 6) is -2.39. The van der Waals surface area contributed by atoms with Gasteiger partial charge in [0.25, 0.3) is 0 Å². The third-order valence-electron chi connectivity index (χ3n) is 5.70. The van der Waals surface area contributed by atoms with Gasteiger partial charge in [-0.3, -0.25) is 0 Å². The molecule has 1 aliphatic rings. The molecule has 0 N–H and O–H groups in total. The average Bonchev–Trinajstić information content (AvgIpc) is 2.97. The Bertz CT molecular complexity index is 901. The van der Waals surface area contributed by atoms with Crippen molar-refractivity contribution in [1.29, 1.82) is 0 Å². The Kier molecular flexibility index (Phi) is 9.46. The van der Waals surface area contributed by atoms with E-state index in [-0.39, 0.29) is 5.97 Å². The van der Waals surface area contributed by atoms with Crippen molar-refractivity contribution in [3.63, 3.8) is 0 Å². The van der Waals surface area contributed by atoms with E-state index in [1.54, 1.807) is 0 Å². The number of hydrogen-bond donors (Lipinski definition) is 0. The lowest BCUT2D eigenvalue weighted by Crippen LogP contribution is -2.52. The number of nitrogens with zero attached hydrogens (tertiary/aromatic N) is 1. The molecular weight excluding hydrogens is 435 g/mol. The Labute approximate surface area is 192 Å². The molecule has 8 heteroatoms. The highest BCUT2D eigenvalue weighted by atomic mass is 19.4. The number of ether oxygens (including phenoxy) is 1. The number of likely N-dealkylation sites (tertiary alicyclic amines) is 1. The van der Waals surface area contributed by atoms with Gasteiger partial charge in [-0.25, -0.2) is 4.79 Å². The van der Waals surface area contributed by atoms with E-state index in [2.05, 4.69) is 24.3 Å². The Morgan fingerprint density at radius 3 is 1.91 bits per heavy atom. The fourth-order valence-electron chi connectivity index (χ4n) is 4.08. The second kappa shape index (κ2) is 11.8. The molecule has 0 unspecified atom stereocenters. The number of alkyl halides is 3. The molecule has 0 bridgehead atoms. The predicted octanol–water partition coefficient (Wildman–Crippen LogP) is 4.10. The third-order valence-corrected chi connectivity index (χ3v) is 5.70. The number of quaternary nitrogens is 1. The number of rotatable bonds is 5.